The van der Waals surface area contributed by atoms with Gasteiger partial charge in [0.1, 0.15) is 5.76 Å². The molecule has 100 valence electrons. The predicted molar refractivity (Wildman–Crippen MR) is 82.4 cm³/mol. The summed E-state index contributed by atoms with van der Waals surface area (Å²) < 4.78 is 5.33. The zero-order chi connectivity index (χ0) is 13.8. The van der Waals surface area contributed by atoms with Crippen LogP contribution in [0.2, 0.25) is 0 Å². The van der Waals surface area contributed by atoms with Crippen LogP contribution in [0.5, 0.6) is 0 Å². The second kappa shape index (κ2) is 5.89. The van der Waals surface area contributed by atoms with Crippen LogP contribution in [0.3, 0.4) is 0 Å². The standard InChI is InChI=1S/C15H18N2OS/c1-10-6-7-13(9-11(10)2)17-15(19)16-12(3)14-5-4-8-18-14/h4-9,12H,1-3H3,(H2,16,17,19)/t12-/m1/s1. The fraction of sp³-hybridized carbons (Fsp3) is 0.267. The maximum atomic E-state index is 5.33. The highest BCUT2D eigenvalue weighted by Crippen LogP contribution is 2.15. The molecule has 0 aliphatic carbocycles. The maximum Gasteiger partial charge on any atom is 0.171 e. The lowest BCUT2D eigenvalue weighted by Crippen LogP contribution is -2.30. The first-order valence-corrected chi connectivity index (χ1v) is 6.65. The molecule has 2 aromatic rings. The van der Waals surface area contributed by atoms with E-state index < -0.39 is 0 Å². The summed E-state index contributed by atoms with van der Waals surface area (Å²) in [6, 6.07) is 10.0. The first kappa shape index (κ1) is 13.6. The number of rotatable bonds is 3. The van der Waals surface area contributed by atoms with Crippen LogP contribution in [0.25, 0.3) is 0 Å². The Labute approximate surface area is 119 Å². The van der Waals surface area contributed by atoms with E-state index >= 15 is 0 Å². The molecule has 0 saturated carbocycles. The number of benzene rings is 1. The summed E-state index contributed by atoms with van der Waals surface area (Å²) in [5.41, 5.74) is 3.51. The predicted octanol–water partition coefficient (Wildman–Crippen LogP) is 3.94. The topological polar surface area (TPSA) is 37.2 Å². The van der Waals surface area contributed by atoms with Gasteiger partial charge in [0.15, 0.2) is 5.11 Å². The number of nitrogens with one attached hydrogen (secondary N) is 2. The molecule has 1 atom stereocenters. The van der Waals surface area contributed by atoms with Crippen molar-refractivity contribution in [3.63, 3.8) is 0 Å². The van der Waals surface area contributed by atoms with E-state index in [0.29, 0.717) is 5.11 Å². The van der Waals surface area contributed by atoms with Gasteiger partial charge in [-0.3, -0.25) is 0 Å². The molecule has 0 amide bonds. The van der Waals surface area contributed by atoms with Gasteiger partial charge in [0.25, 0.3) is 0 Å². The first-order chi connectivity index (χ1) is 9.06. The Balaban J connectivity index is 1.95. The molecule has 0 saturated heterocycles. The molecular formula is C15H18N2OS. The number of hydrogen-bond donors (Lipinski definition) is 2. The molecule has 0 radical (unpaired) electrons. The molecule has 2 rings (SSSR count). The van der Waals surface area contributed by atoms with Crippen molar-refractivity contribution >= 4 is 23.0 Å². The highest BCUT2D eigenvalue weighted by Gasteiger charge is 2.09. The minimum absolute atomic E-state index is 0.0431. The third-order valence-corrected chi connectivity index (χ3v) is 3.30. The third-order valence-electron chi connectivity index (χ3n) is 3.08. The minimum Gasteiger partial charge on any atom is -0.467 e. The molecule has 0 aliphatic heterocycles. The van der Waals surface area contributed by atoms with Crippen LogP contribution in [0, 0.1) is 13.8 Å². The van der Waals surface area contributed by atoms with Crippen LogP contribution in [0.4, 0.5) is 5.69 Å². The van der Waals surface area contributed by atoms with E-state index in [1.54, 1.807) is 6.26 Å². The zero-order valence-electron chi connectivity index (χ0n) is 11.4. The molecular weight excluding hydrogens is 256 g/mol. The van der Waals surface area contributed by atoms with Crippen LogP contribution >= 0.6 is 12.2 Å². The van der Waals surface area contributed by atoms with E-state index in [-0.39, 0.29) is 6.04 Å². The van der Waals surface area contributed by atoms with Gasteiger partial charge in [-0.2, -0.15) is 0 Å². The average molecular weight is 274 g/mol. The van der Waals surface area contributed by atoms with Crippen molar-refractivity contribution in [1.29, 1.82) is 0 Å². The Bertz CT molecular complexity index is 564. The van der Waals surface area contributed by atoms with Crippen molar-refractivity contribution in [2.24, 2.45) is 0 Å². The van der Waals surface area contributed by atoms with Crippen LogP contribution in [0.15, 0.2) is 41.0 Å². The molecule has 4 heteroatoms. The second-order valence-corrected chi connectivity index (χ2v) is 5.04. The van der Waals surface area contributed by atoms with E-state index in [4.69, 9.17) is 16.6 Å². The Hall–Kier alpha value is -1.81. The Morgan fingerprint density at radius 2 is 2.00 bits per heavy atom. The summed E-state index contributed by atoms with van der Waals surface area (Å²) in [5.74, 6) is 0.865. The van der Waals surface area contributed by atoms with Crippen molar-refractivity contribution in [2.45, 2.75) is 26.8 Å². The highest BCUT2D eigenvalue weighted by atomic mass is 32.1. The molecule has 0 spiro atoms. The molecule has 3 nitrogen and oxygen atoms in total. The van der Waals surface area contributed by atoms with Gasteiger partial charge >= 0.3 is 0 Å². The number of hydrogen-bond acceptors (Lipinski definition) is 2. The monoisotopic (exact) mass is 274 g/mol. The number of furan rings is 1. The van der Waals surface area contributed by atoms with Gasteiger partial charge in [-0.15, -0.1) is 0 Å². The van der Waals surface area contributed by atoms with Crippen LogP contribution in [-0.2, 0) is 0 Å². The Kier molecular flexibility index (Phi) is 4.22. The molecule has 0 bridgehead atoms. The van der Waals surface area contributed by atoms with E-state index in [9.17, 15) is 0 Å². The summed E-state index contributed by atoms with van der Waals surface area (Å²) in [6.45, 7) is 6.18. The fourth-order valence-electron chi connectivity index (χ4n) is 1.79. The lowest BCUT2D eigenvalue weighted by molar-refractivity contribution is 0.464. The van der Waals surface area contributed by atoms with Crippen LogP contribution in [-0.4, -0.2) is 5.11 Å². The highest BCUT2D eigenvalue weighted by molar-refractivity contribution is 7.80. The quantitative estimate of drug-likeness (QED) is 0.831. The first-order valence-electron chi connectivity index (χ1n) is 6.24. The molecule has 19 heavy (non-hydrogen) atoms. The molecule has 0 aliphatic rings. The van der Waals surface area contributed by atoms with Crippen LogP contribution < -0.4 is 10.6 Å². The molecule has 0 unspecified atom stereocenters. The van der Waals surface area contributed by atoms with Gasteiger partial charge in [-0.05, 0) is 68.4 Å². The van der Waals surface area contributed by atoms with E-state index in [1.807, 2.05) is 25.1 Å². The average Bonchev–Trinajstić information content (AvgIpc) is 2.87. The summed E-state index contributed by atoms with van der Waals surface area (Å²) in [5, 5.41) is 6.96. The molecule has 0 fully saturated rings. The van der Waals surface area contributed by atoms with Crippen molar-refractivity contribution < 1.29 is 4.42 Å². The molecule has 1 aromatic heterocycles. The van der Waals surface area contributed by atoms with E-state index in [1.165, 1.54) is 11.1 Å². The lowest BCUT2D eigenvalue weighted by Gasteiger charge is -2.15. The van der Waals surface area contributed by atoms with Crippen molar-refractivity contribution in [3.8, 4) is 0 Å². The SMILES string of the molecule is Cc1ccc(NC(=S)N[C@H](C)c2ccco2)cc1C. The normalized spacial score (nSPS) is 11.9. The van der Waals surface area contributed by atoms with E-state index in [0.717, 1.165) is 11.4 Å². The zero-order valence-corrected chi connectivity index (χ0v) is 12.2. The van der Waals surface area contributed by atoms with Gasteiger partial charge in [-0.1, -0.05) is 6.07 Å². The summed E-state index contributed by atoms with van der Waals surface area (Å²) >= 11 is 5.30. The summed E-state index contributed by atoms with van der Waals surface area (Å²) in [4.78, 5) is 0. The number of aryl methyl sites for hydroxylation is 2. The van der Waals surface area contributed by atoms with Crippen molar-refractivity contribution in [1.82, 2.24) is 5.32 Å². The maximum absolute atomic E-state index is 5.33. The summed E-state index contributed by atoms with van der Waals surface area (Å²) in [6.07, 6.45) is 1.66. The molecule has 2 N–H and O–H groups in total. The molecule has 1 aromatic carbocycles. The molecule has 1 heterocycles. The van der Waals surface area contributed by atoms with Gasteiger partial charge < -0.3 is 15.1 Å². The smallest absolute Gasteiger partial charge is 0.171 e. The van der Waals surface area contributed by atoms with Crippen molar-refractivity contribution in [2.75, 3.05) is 5.32 Å². The van der Waals surface area contributed by atoms with Crippen LogP contribution in [0.1, 0.15) is 29.9 Å². The summed E-state index contributed by atoms with van der Waals surface area (Å²) in [7, 11) is 0. The van der Waals surface area contributed by atoms with Gasteiger partial charge in [-0.25, -0.2) is 0 Å². The largest absolute Gasteiger partial charge is 0.467 e. The minimum atomic E-state index is 0.0431. The second-order valence-electron chi connectivity index (χ2n) is 4.63. The lowest BCUT2D eigenvalue weighted by atomic mass is 10.1. The fourth-order valence-corrected chi connectivity index (χ4v) is 2.09. The number of anilines is 1. The van der Waals surface area contributed by atoms with Gasteiger partial charge in [0.2, 0.25) is 0 Å². The Morgan fingerprint density at radius 1 is 1.21 bits per heavy atom. The van der Waals surface area contributed by atoms with Gasteiger partial charge in [0.05, 0.1) is 12.3 Å². The van der Waals surface area contributed by atoms with Gasteiger partial charge in [0, 0.05) is 5.69 Å². The van der Waals surface area contributed by atoms with E-state index in [2.05, 4.69) is 36.6 Å². The third kappa shape index (κ3) is 3.58. The Morgan fingerprint density at radius 3 is 2.63 bits per heavy atom. The van der Waals surface area contributed by atoms with Crippen molar-refractivity contribution in [3.05, 3.63) is 53.5 Å². The number of thiocarbonyl (C=S) groups is 1.